The Kier molecular flexibility index (Phi) is 5.74. The van der Waals surface area contributed by atoms with Crippen molar-refractivity contribution in [3.8, 4) is 22.9 Å². The summed E-state index contributed by atoms with van der Waals surface area (Å²) in [7, 11) is 1.61. The minimum atomic E-state index is -0.466. The average Bonchev–Trinajstić information content (AvgIpc) is 3.28. The topological polar surface area (TPSA) is 89.2 Å². The van der Waals surface area contributed by atoms with Crippen molar-refractivity contribution in [1.82, 2.24) is 10.2 Å². The lowest BCUT2D eigenvalue weighted by atomic mass is 9.87. The molecule has 0 spiro atoms. The Morgan fingerprint density at radius 3 is 2.68 bits per heavy atom. The molecule has 0 bridgehead atoms. The van der Waals surface area contributed by atoms with Gasteiger partial charge < -0.3 is 10.1 Å². The van der Waals surface area contributed by atoms with E-state index in [1.54, 1.807) is 24.5 Å². The number of benzene rings is 2. The van der Waals surface area contributed by atoms with E-state index in [9.17, 15) is 10.1 Å². The molecule has 31 heavy (non-hydrogen) atoms. The predicted molar refractivity (Wildman–Crippen MR) is 121 cm³/mol. The van der Waals surface area contributed by atoms with Crippen LogP contribution in [0.1, 0.15) is 34.9 Å². The number of guanidine groups is 1. The van der Waals surface area contributed by atoms with Gasteiger partial charge in [0.1, 0.15) is 5.75 Å². The van der Waals surface area contributed by atoms with Crippen LogP contribution in [0.25, 0.3) is 11.1 Å². The molecule has 2 N–H and O–H groups in total. The Bertz CT molecular complexity index is 1160. The van der Waals surface area contributed by atoms with E-state index in [-0.39, 0.29) is 17.9 Å². The fourth-order valence-electron chi connectivity index (χ4n) is 3.73. The van der Waals surface area contributed by atoms with Crippen molar-refractivity contribution < 1.29 is 9.53 Å². The highest BCUT2D eigenvalue weighted by molar-refractivity contribution is 7.10. The molecule has 2 heterocycles. The zero-order valence-electron chi connectivity index (χ0n) is 17.3. The number of carbonyl (C=O) groups is 1. The van der Waals surface area contributed by atoms with Crippen LogP contribution in [0.15, 0.2) is 60.0 Å². The number of nitrogens with one attached hydrogen (secondary N) is 2. The summed E-state index contributed by atoms with van der Waals surface area (Å²) in [5, 5.41) is 22.6. The van der Waals surface area contributed by atoms with E-state index >= 15 is 0 Å². The van der Waals surface area contributed by atoms with Crippen LogP contribution in [0.5, 0.6) is 5.75 Å². The summed E-state index contributed by atoms with van der Waals surface area (Å²) in [6.45, 7) is 2.51. The van der Waals surface area contributed by atoms with Crippen LogP contribution in [-0.2, 0) is 4.79 Å². The van der Waals surface area contributed by atoms with Gasteiger partial charge in [0, 0.05) is 11.9 Å². The van der Waals surface area contributed by atoms with Gasteiger partial charge in [-0.25, -0.2) is 0 Å². The summed E-state index contributed by atoms with van der Waals surface area (Å²) in [5.74, 6) is 0.251. The number of thiophene rings is 1. The standard InChI is InChI=1S/C24H22N4O2S/c1-3-30-19-9-7-16(8-10-19)21-22(27-24(26)28(2)23(21)29)20-12-18(14-31-20)17-6-4-5-15(11-17)13-25/h4-12,14,21-22H,3H2,1-2H3,(H2,26,27)/t21-,22-/m1/s1. The minimum Gasteiger partial charge on any atom is -0.494 e. The van der Waals surface area contributed by atoms with Crippen LogP contribution < -0.4 is 10.1 Å². The van der Waals surface area contributed by atoms with Crippen LogP contribution in [-0.4, -0.2) is 30.4 Å². The Labute approximate surface area is 185 Å². The third kappa shape index (κ3) is 4.03. The number of rotatable bonds is 5. The van der Waals surface area contributed by atoms with Crippen LogP contribution in [0.2, 0.25) is 0 Å². The molecule has 1 saturated heterocycles. The van der Waals surface area contributed by atoms with E-state index in [1.165, 1.54) is 4.90 Å². The first kappa shape index (κ1) is 20.6. The fourth-order valence-corrected chi connectivity index (χ4v) is 4.74. The molecule has 0 saturated carbocycles. The van der Waals surface area contributed by atoms with E-state index in [0.29, 0.717) is 12.2 Å². The smallest absolute Gasteiger partial charge is 0.239 e. The molecule has 0 radical (unpaired) electrons. The Morgan fingerprint density at radius 1 is 1.19 bits per heavy atom. The number of nitriles is 1. The third-order valence-corrected chi connectivity index (χ3v) is 6.37. The summed E-state index contributed by atoms with van der Waals surface area (Å²) in [6.07, 6.45) is 0. The van der Waals surface area contributed by atoms with Gasteiger partial charge in [-0.1, -0.05) is 24.3 Å². The molecule has 1 amide bonds. The van der Waals surface area contributed by atoms with Crippen LogP contribution in [0.4, 0.5) is 0 Å². The number of likely N-dealkylation sites (N-methyl/N-ethyl adjacent to an activating group) is 1. The molecule has 3 aromatic rings. The maximum absolute atomic E-state index is 13.2. The van der Waals surface area contributed by atoms with Crippen LogP contribution >= 0.6 is 11.3 Å². The number of amides is 1. The lowest BCUT2D eigenvalue weighted by molar-refractivity contribution is -0.130. The number of hydrogen-bond acceptors (Lipinski definition) is 5. The molecular formula is C24H22N4O2S. The zero-order valence-corrected chi connectivity index (χ0v) is 18.1. The molecule has 156 valence electrons. The first-order valence-electron chi connectivity index (χ1n) is 9.96. The van der Waals surface area contributed by atoms with Crippen LogP contribution in [0, 0.1) is 16.7 Å². The van der Waals surface area contributed by atoms with Gasteiger partial charge in [-0.2, -0.15) is 5.26 Å². The minimum absolute atomic E-state index is 0.0821. The second-order valence-corrected chi connectivity index (χ2v) is 8.22. The molecule has 6 nitrogen and oxygen atoms in total. The van der Waals surface area contributed by atoms with E-state index in [4.69, 9.17) is 10.1 Å². The van der Waals surface area contributed by atoms with Crippen molar-refractivity contribution in [2.75, 3.05) is 13.7 Å². The van der Waals surface area contributed by atoms with E-state index in [0.717, 1.165) is 27.3 Å². The summed E-state index contributed by atoms with van der Waals surface area (Å²) >= 11 is 1.54. The molecule has 1 aliphatic heterocycles. The summed E-state index contributed by atoms with van der Waals surface area (Å²) in [6, 6.07) is 18.9. The van der Waals surface area contributed by atoms with Gasteiger partial charge in [0.25, 0.3) is 0 Å². The molecule has 1 aromatic heterocycles. The van der Waals surface area contributed by atoms with Crippen molar-refractivity contribution in [3.63, 3.8) is 0 Å². The quantitative estimate of drug-likeness (QED) is 0.623. The normalized spacial score (nSPS) is 18.4. The zero-order chi connectivity index (χ0) is 22.0. The molecule has 0 aliphatic carbocycles. The van der Waals surface area contributed by atoms with Crippen molar-refractivity contribution in [1.29, 1.82) is 10.7 Å². The number of carbonyl (C=O) groups excluding carboxylic acids is 1. The van der Waals surface area contributed by atoms with Gasteiger partial charge in [0.05, 0.1) is 30.2 Å². The maximum atomic E-state index is 13.2. The highest BCUT2D eigenvalue weighted by atomic mass is 32.1. The first-order valence-corrected chi connectivity index (χ1v) is 10.8. The number of ether oxygens (including phenoxy) is 1. The molecule has 2 aromatic carbocycles. The Hall–Kier alpha value is -3.63. The van der Waals surface area contributed by atoms with Gasteiger partial charge in [-0.3, -0.25) is 15.1 Å². The summed E-state index contributed by atoms with van der Waals surface area (Å²) < 4.78 is 5.53. The molecule has 0 unspecified atom stereocenters. The van der Waals surface area contributed by atoms with E-state index in [1.807, 2.05) is 60.8 Å². The monoisotopic (exact) mass is 430 g/mol. The van der Waals surface area contributed by atoms with E-state index < -0.39 is 5.92 Å². The van der Waals surface area contributed by atoms with Crippen molar-refractivity contribution in [2.24, 2.45) is 0 Å². The highest BCUT2D eigenvalue weighted by Gasteiger charge is 2.40. The third-order valence-electron chi connectivity index (χ3n) is 5.36. The number of nitrogens with zero attached hydrogens (tertiary/aromatic N) is 2. The van der Waals surface area contributed by atoms with Gasteiger partial charge >= 0.3 is 0 Å². The largest absolute Gasteiger partial charge is 0.494 e. The van der Waals surface area contributed by atoms with Gasteiger partial charge in [-0.15, -0.1) is 11.3 Å². The second kappa shape index (κ2) is 8.62. The highest BCUT2D eigenvalue weighted by Crippen LogP contribution is 2.40. The summed E-state index contributed by atoms with van der Waals surface area (Å²) in [5.41, 5.74) is 3.41. The first-order chi connectivity index (χ1) is 15.0. The second-order valence-electron chi connectivity index (χ2n) is 7.28. The average molecular weight is 431 g/mol. The molecular weight excluding hydrogens is 408 g/mol. The fraction of sp³-hybridized carbons (Fsp3) is 0.208. The molecule has 7 heteroatoms. The molecule has 1 aliphatic rings. The predicted octanol–water partition coefficient (Wildman–Crippen LogP) is 4.51. The van der Waals surface area contributed by atoms with Crippen molar-refractivity contribution in [3.05, 3.63) is 76.0 Å². The lowest BCUT2D eigenvalue weighted by Crippen LogP contribution is -2.53. The molecule has 2 atom stereocenters. The lowest BCUT2D eigenvalue weighted by Gasteiger charge is -2.37. The van der Waals surface area contributed by atoms with Gasteiger partial charge in [-0.05, 0) is 59.3 Å². The Morgan fingerprint density at radius 2 is 1.97 bits per heavy atom. The Balaban J connectivity index is 1.70. The maximum Gasteiger partial charge on any atom is 0.239 e. The molecule has 4 rings (SSSR count). The molecule has 1 fully saturated rings. The SMILES string of the molecule is CCOc1ccc([C@H]2C(=O)N(C)C(=N)N[C@@H]2c2cc(-c3cccc(C#N)c3)cs2)cc1. The van der Waals surface area contributed by atoms with Crippen molar-refractivity contribution in [2.45, 2.75) is 18.9 Å². The van der Waals surface area contributed by atoms with Crippen LogP contribution in [0.3, 0.4) is 0 Å². The van der Waals surface area contributed by atoms with Crippen molar-refractivity contribution >= 4 is 23.2 Å². The van der Waals surface area contributed by atoms with E-state index in [2.05, 4.69) is 11.4 Å². The van der Waals surface area contributed by atoms with Gasteiger partial charge in [0.2, 0.25) is 5.91 Å². The summed E-state index contributed by atoms with van der Waals surface area (Å²) in [4.78, 5) is 15.5. The number of hydrogen-bond donors (Lipinski definition) is 2. The van der Waals surface area contributed by atoms with Gasteiger partial charge in [0.15, 0.2) is 5.96 Å².